The van der Waals surface area contributed by atoms with Crippen LogP contribution in [0.15, 0.2) is 30.6 Å². The Morgan fingerprint density at radius 2 is 2.24 bits per heavy atom. The molecule has 0 spiro atoms. The van der Waals surface area contributed by atoms with Crippen molar-refractivity contribution < 1.29 is 0 Å². The van der Waals surface area contributed by atoms with Gasteiger partial charge in [-0.25, -0.2) is 4.68 Å². The molecule has 0 unspecified atom stereocenters. The molecule has 0 saturated carbocycles. The number of aryl methyl sites for hydroxylation is 1. The van der Waals surface area contributed by atoms with Gasteiger partial charge in [-0.2, -0.15) is 5.10 Å². The van der Waals surface area contributed by atoms with Crippen molar-refractivity contribution in [1.82, 2.24) is 15.1 Å². The van der Waals surface area contributed by atoms with Gasteiger partial charge < -0.3 is 5.32 Å². The van der Waals surface area contributed by atoms with Crippen LogP contribution in [0, 0.1) is 6.92 Å². The quantitative estimate of drug-likeness (QED) is 0.903. The van der Waals surface area contributed by atoms with Crippen molar-refractivity contribution in [2.75, 3.05) is 6.54 Å². The summed E-state index contributed by atoms with van der Waals surface area (Å²) in [4.78, 5) is 0. The summed E-state index contributed by atoms with van der Waals surface area (Å²) in [5.74, 6) is 0. The average Bonchev–Trinajstić information content (AvgIpc) is 2.74. The van der Waals surface area contributed by atoms with Crippen LogP contribution in [0.1, 0.15) is 18.1 Å². The Labute approximate surface area is 106 Å². The van der Waals surface area contributed by atoms with Crippen LogP contribution in [0.3, 0.4) is 0 Å². The van der Waals surface area contributed by atoms with E-state index >= 15 is 0 Å². The van der Waals surface area contributed by atoms with Crippen LogP contribution < -0.4 is 5.32 Å². The molecule has 90 valence electrons. The molecule has 4 heteroatoms. The number of halogens is 1. The standard InChI is InChI=1S/C13H16ClN3/c1-3-15-7-11-4-5-13(6-10(11)2)17-9-12(14)8-16-17/h4-6,8-9,15H,3,7H2,1-2H3. The number of nitrogens with zero attached hydrogens (tertiary/aromatic N) is 2. The fourth-order valence-corrected chi connectivity index (χ4v) is 1.86. The smallest absolute Gasteiger partial charge is 0.0790 e. The summed E-state index contributed by atoms with van der Waals surface area (Å²) >= 11 is 5.86. The van der Waals surface area contributed by atoms with Gasteiger partial charge >= 0.3 is 0 Å². The van der Waals surface area contributed by atoms with Gasteiger partial charge in [0.1, 0.15) is 0 Å². The van der Waals surface area contributed by atoms with E-state index in [2.05, 4.69) is 42.5 Å². The third-order valence-corrected chi connectivity index (χ3v) is 2.90. The van der Waals surface area contributed by atoms with Crippen molar-refractivity contribution in [3.8, 4) is 5.69 Å². The fourth-order valence-electron chi connectivity index (χ4n) is 1.72. The van der Waals surface area contributed by atoms with Gasteiger partial charge in [-0.3, -0.25) is 0 Å². The molecule has 2 rings (SSSR count). The molecule has 0 saturated heterocycles. The first kappa shape index (κ1) is 12.1. The van der Waals surface area contributed by atoms with Crippen molar-refractivity contribution in [1.29, 1.82) is 0 Å². The lowest BCUT2D eigenvalue weighted by Crippen LogP contribution is -2.12. The highest BCUT2D eigenvalue weighted by molar-refractivity contribution is 6.30. The van der Waals surface area contributed by atoms with Crippen LogP contribution in [0.2, 0.25) is 5.02 Å². The topological polar surface area (TPSA) is 29.9 Å². The van der Waals surface area contributed by atoms with Crippen LogP contribution in [-0.2, 0) is 6.54 Å². The normalized spacial score (nSPS) is 10.8. The highest BCUT2D eigenvalue weighted by Crippen LogP contribution is 2.16. The van der Waals surface area contributed by atoms with E-state index in [1.165, 1.54) is 11.1 Å². The fraction of sp³-hybridized carbons (Fsp3) is 0.308. The summed E-state index contributed by atoms with van der Waals surface area (Å²) < 4.78 is 1.78. The SMILES string of the molecule is CCNCc1ccc(-n2cc(Cl)cn2)cc1C. The van der Waals surface area contributed by atoms with E-state index < -0.39 is 0 Å². The van der Waals surface area contributed by atoms with Crippen LogP contribution in [0.5, 0.6) is 0 Å². The lowest BCUT2D eigenvalue weighted by Gasteiger charge is -2.09. The molecule has 0 aliphatic carbocycles. The van der Waals surface area contributed by atoms with Gasteiger partial charge in [0.2, 0.25) is 0 Å². The van der Waals surface area contributed by atoms with E-state index in [1.54, 1.807) is 17.1 Å². The number of hydrogen-bond donors (Lipinski definition) is 1. The first-order valence-electron chi connectivity index (χ1n) is 5.71. The Morgan fingerprint density at radius 1 is 1.41 bits per heavy atom. The molecule has 0 aliphatic rings. The minimum Gasteiger partial charge on any atom is -0.313 e. The summed E-state index contributed by atoms with van der Waals surface area (Å²) in [5.41, 5.74) is 3.61. The van der Waals surface area contributed by atoms with Gasteiger partial charge in [0.15, 0.2) is 0 Å². The Bertz CT molecular complexity index is 505. The van der Waals surface area contributed by atoms with Gasteiger partial charge in [0.25, 0.3) is 0 Å². The molecule has 0 amide bonds. The predicted octanol–water partition coefficient (Wildman–Crippen LogP) is 2.94. The summed E-state index contributed by atoms with van der Waals surface area (Å²) in [5, 5.41) is 8.17. The third kappa shape index (κ3) is 2.87. The molecule has 1 N–H and O–H groups in total. The van der Waals surface area contributed by atoms with Crippen LogP contribution in [0.25, 0.3) is 5.69 Å². The largest absolute Gasteiger partial charge is 0.313 e. The molecule has 0 aliphatic heterocycles. The second kappa shape index (κ2) is 5.34. The summed E-state index contributed by atoms with van der Waals surface area (Å²) in [6.45, 7) is 6.11. The number of benzene rings is 1. The minimum atomic E-state index is 0.652. The van der Waals surface area contributed by atoms with E-state index in [-0.39, 0.29) is 0 Å². The molecule has 0 radical (unpaired) electrons. The number of hydrogen-bond acceptors (Lipinski definition) is 2. The molecule has 3 nitrogen and oxygen atoms in total. The molecular formula is C13H16ClN3. The van der Waals surface area contributed by atoms with Gasteiger partial charge in [-0.15, -0.1) is 0 Å². The number of aromatic nitrogens is 2. The van der Waals surface area contributed by atoms with Gasteiger partial charge in [-0.1, -0.05) is 24.6 Å². The van der Waals surface area contributed by atoms with Gasteiger partial charge in [0.05, 0.1) is 16.9 Å². The molecule has 1 heterocycles. The van der Waals surface area contributed by atoms with Crippen LogP contribution >= 0.6 is 11.6 Å². The zero-order valence-corrected chi connectivity index (χ0v) is 10.8. The molecule has 0 atom stereocenters. The van der Waals surface area contributed by atoms with Gasteiger partial charge in [0, 0.05) is 12.7 Å². The molecule has 17 heavy (non-hydrogen) atoms. The van der Waals surface area contributed by atoms with Crippen LogP contribution in [0.4, 0.5) is 0 Å². The van der Waals surface area contributed by atoms with Crippen molar-refractivity contribution in [3.05, 3.63) is 46.7 Å². The maximum absolute atomic E-state index is 5.86. The Kier molecular flexibility index (Phi) is 3.82. The lowest BCUT2D eigenvalue weighted by atomic mass is 10.1. The summed E-state index contributed by atoms with van der Waals surface area (Å²) in [6.07, 6.45) is 3.45. The summed E-state index contributed by atoms with van der Waals surface area (Å²) in [6, 6.07) is 6.31. The number of nitrogens with one attached hydrogen (secondary N) is 1. The minimum absolute atomic E-state index is 0.652. The van der Waals surface area contributed by atoms with E-state index in [0.717, 1.165) is 18.8 Å². The predicted molar refractivity (Wildman–Crippen MR) is 70.7 cm³/mol. The first-order chi connectivity index (χ1) is 8.20. The highest BCUT2D eigenvalue weighted by Gasteiger charge is 2.02. The molecule has 1 aromatic heterocycles. The highest BCUT2D eigenvalue weighted by atomic mass is 35.5. The zero-order valence-electron chi connectivity index (χ0n) is 10.1. The van der Waals surface area contributed by atoms with E-state index in [0.29, 0.717) is 5.02 Å². The van der Waals surface area contributed by atoms with E-state index in [9.17, 15) is 0 Å². The van der Waals surface area contributed by atoms with Crippen molar-refractivity contribution in [3.63, 3.8) is 0 Å². The van der Waals surface area contributed by atoms with E-state index in [1.807, 2.05) is 0 Å². The average molecular weight is 250 g/mol. The number of rotatable bonds is 4. The van der Waals surface area contributed by atoms with Crippen molar-refractivity contribution in [2.45, 2.75) is 20.4 Å². The Morgan fingerprint density at radius 3 is 2.82 bits per heavy atom. The van der Waals surface area contributed by atoms with E-state index in [4.69, 9.17) is 11.6 Å². The molecule has 2 aromatic rings. The summed E-state index contributed by atoms with van der Waals surface area (Å²) in [7, 11) is 0. The molecular weight excluding hydrogens is 234 g/mol. The third-order valence-electron chi connectivity index (χ3n) is 2.71. The van der Waals surface area contributed by atoms with Crippen molar-refractivity contribution in [2.24, 2.45) is 0 Å². The Hall–Kier alpha value is -1.32. The second-order valence-corrected chi connectivity index (χ2v) is 4.43. The molecule has 0 bridgehead atoms. The molecule has 1 aromatic carbocycles. The lowest BCUT2D eigenvalue weighted by molar-refractivity contribution is 0.723. The maximum Gasteiger partial charge on any atom is 0.0790 e. The van der Waals surface area contributed by atoms with Crippen LogP contribution in [-0.4, -0.2) is 16.3 Å². The molecule has 0 fully saturated rings. The maximum atomic E-state index is 5.86. The first-order valence-corrected chi connectivity index (χ1v) is 6.09. The second-order valence-electron chi connectivity index (χ2n) is 3.99. The Balaban J connectivity index is 2.24. The monoisotopic (exact) mass is 249 g/mol. The van der Waals surface area contributed by atoms with Crippen molar-refractivity contribution >= 4 is 11.6 Å². The zero-order chi connectivity index (χ0) is 12.3. The van der Waals surface area contributed by atoms with Gasteiger partial charge in [-0.05, 0) is 36.7 Å².